The minimum Gasteiger partial charge on any atom is -0.333 e. The maximum atomic E-state index is 14.1. The summed E-state index contributed by atoms with van der Waals surface area (Å²) < 4.78 is 1.58. The van der Waals surface area contributed by atoms with Gasteiger partial charge in [-0.15, -0.1) is 0 Å². The van der Waals surface area contributed by atoms with E-state index in [4.69, 9.17) is 5.10 Å². The number of nitro benzene ring substituents is 1. The van der Waals surface area contributed by atoms with Gasteiger partial charge in [-0.25, -0.2) is 4.68 Å². The summed E-state index contributed by atoms with van der Waals surface area (Å²) in [6.07, 6.45) is 0.705. The molecule has 1 amide bonds. The van der Waals surface area contributed by atoms with Crippen LogP contribution < -0.4 is 0 Å². The van der Waals surface area contributed by atoms with Gasteiger partial charge in [-0.1, -0.05) is 91.0 Å². The number of carbonyl (C=O) groups excluding carboxylic acids is 1. The molecule has 0 fully saturated rings. The zero-order chi connectivity index (χ0) is 26.3. The van der Waals surface area contributed by atoms with Gasteiger partial charge in [0.2, 0.25) is 0 Å². The fourth-order valence-electron chi connectivity index (χ4n) is 4.32. The van der Waals surface area contributed by atoms with Crippen molar-refractivity contribution in [1.29, 1.82) is 0 Å². The molecule has 5 aromatic rings. The fourth-order valence-corrected chi connectivity index (χ4v) is 4.32. The van der Waals surface area contributed by atoms with E-state index in [2.05, 4.69) is 12.1 Å². The number of rotatable bonds is 9. The Morgan fingerprint density at radius 3 is 1.97 bits per heavy atom. The number of nitro groups is 1. The molecule has 7 nitrogen and oxygen atoms in total. The van der Waals surface area contributed by atoms with Gasteiger partial charge < -0.3 is 4.90 Å². The Kier molecular flexibility index (Phi) is 7.36. The molecule has 188 valence electrons. The van der Waals surface area contributed by atoms with Crippen molar-refractivity contribution >= 4 is 11.6 Å². The molecule has 0 bridgehead atoms. The Morgan fingerprint density at radius 2 is 1.37 bits per heavy atom. The van der Waals surface area contributed by atoms with Crippen LogP contribution in [0, 0.1) is 10.1 Å². The Bertz CT molecular complexity index is 1520. The second-order valence-corrected chi connectivity index (χ2v) is 8.91. The molecular formula is C31H26N4O3. The molecule has 0 N–H and O–H groups in total. The topological polar surface area (TPSA) is 81.3 Å². The van der Waals surface area contributed by atoms with Crippen molar-refractivity contribution in [2.45, 2.75) is 13.0 Å². The van der Waals surface area contributed by atoms with Crippen LogP contribution >= 0.6 is 0 Å². The van der Waals surface area contributed by atoms with Crippen LogP contribution in [0.4, 0.5) is 5.69 Å². The van der Waals surface area contributed by atoms with E-state index < -0.39 is 4.92 Å². The SMILES string of the molecule is O=C(c1cc(-c2ccccc2)nn1-c1ccc([N+](=O)[O-])cc1)N(CCc1ccccc1)Cc1ccccc1. The Balaban J connectivity index is 1.54. The summed E-state index contributed by atoms with van der Waals surface area (Å²) in [5.41, 5.74) is 4.64. The van der Waals surface area contributed by atoms with Crippen LogP contribution in [0.3, 0.4) is 0 Å². The highest BCUT2D eigenvalue weighted by atomic mass is 16.6. The summed E-state index contributed by atoms with van der Waals surface area (Å²) in [6.45, 7) is 0.961. The third-order valence-electron chi connectivity index (χ3n) is 6.32. The lowest BCUT2D eigenvalue weighted by atomic mass is 10.1. The van der Waals surface area contributed by atoms with E-state index in [1.165, 1.54) is 12.1 Å². The fraction of sp³-hybridized carbons (Fsp3) is 0.0968. The number of nitrogens with zero attached hydrogens (tertiary/aromatic N) is 4. The third kappa shape index (κ3) is 5.68. The zero-order valence-electron chi connectivity index (χ0n) is 20.7. The lowest BCUT2D eigenvalue weighted by Crippen LogP contribution is -2.34. The molecule has 1 aromatic heterocycles. The molecule has 1 heterocycles. The van der Waals surface area contributed by atoms with Gasteiger partial charge in [0.05, 0.1) is 16.3 Å². The molecule has 4 aromatic carbocycles. The van der Waals surface area contributed by atoms with Crippen LogP contribution in [0.15, 0.2) is 121 Å². The second kappa shape index (κ2) is 11.3. The molecule has 38 heavy (non-hydrogen) atoms. The largest absolute Gasteiger partial charge is 0.333 e. The summed E-state index contributed by atoms with van der Waals surface area (Å²) >= 11 is 0. The summed E-state index contributed by atoms with van der Waals surface area (Å²) in [6, 6.07) is 37.5. The Hall–Kier alpha value is -5.04. The van der Waals surface area contributed by atoms with Crippen molar-refractivity contribution in [1.82, 2.24) is 14.7 Å². The first-order valence-electron chi connectivity index (χ1n) is 12.4. The summed E-state index contributed by atoms with van der Waals surface area (Å²) in [4.78, 5) is 26.7. The normalized spacial score (nSPS) is 10.7. The van der Waals surface area contributed by atoms with E-state index in [1.54, 1.807) is 22.9 Å². The molecule has 5 rings (SSSR count). The minimum atomic E-state index is -0.445. The van der Waals surface area contributed by atoms with E-state index in [0.717, 1.165) is 16.7 Å². The smallest absolute Gasteiger partial charge is 0.272 e. The van der Waals surface area contributed by atoms with Crippen LogP contribution in [-0.4, -0.2) is 32.1 Å². The number of hydrogen-bond donors (Lipinski definition) is 0. The number of carbonyl (C=O) groups is 1. The van der Waals surface area contributed by atoms with Gasteiger partial charge in [-0.3, -0.25) is 14.9 Å². The van der Waals surface area contributed by atoms with Crippen molar-refractivity contribution in [3.05, 3.63) is 148 Å². The van der Waals surface area contributed by atoms with Gasteiger partial charge in [0, 0.05) is 30.8 Å². The average molecular weight is 503 g/mol. The Morgan fingerprint density at radius 1 is 0.789 bits per heavy atom. The van der Waals surface area contributed by atoms with E-state index in [0.29, 0.717) is 36.6 Å². The molecule has 0 spiro atoms. The van der Waals surface area contributed by atoms with Gasteiger partial charge in [0.25, 0.3) is 11.6 Å². The van der Waals surface area contributed by atoms with Gasteiger partial charge in [-0.2, -0.15) is 5.10 Å². The lowest BCUT2D eigenvalue weighted by molar-refractivity contribution is -0.384. The van der Waals surface area contributed by atoms with Gasteiger partial charge >= 0.3 is 0 Å². The highest BCUT2D eigenvalue weighted by molar-refractivity contribution is 5.94. The second-order valence-electron chi connectivity index (χ2n) is 8.91. The number of benzene rings is 4. The summed E-state index contributed by atoms with van der Waals surface area (Å²) in [5, 5.41) is 15.9. The van der Waals surface area contributed by atoms with Gasteiger partial charge in [0.15, 0.2) is 0 Å². The van der Waals surface area contributed by atoms with E-state index in [-0.39, 0.29) is 11.6 Å². The van der Waals surface area contributed by atoms with Crippen LogP contribution in [0.2, 0.25) is 0 Å². The van der Waals surface area contributed by atoms with Crippen molar-refractivity contribution in [2.24, 2.45) is 0 Å². The molecular weight excluding hydrogens is 476 g/mol. The summed E-state index contributed by atoms with van der Waals surface area (Å²) in [5.74, 6) is -0.169. The molecule has 0 radical (unpaired) electrons. The number of amides is 1. The van der Waals surface area contributed by atoms with Crippen LogP contribution in [0.1, 0.15) is 21.6 Å². The highest BCUT2D eigenvalue weighted by Crippen LogP contribution is 2.24. The monoisotopic (exact) mass is 502 g/mol. The molecule has 0 aliphatic carbocycles. The quantitative estimate of drug-likeness (QED) is 0.174. The first-order chi connectivity index (χ1) is 18.6. The molecule has 0 aliphatic heterocycles. The standard InChI is InChI=1S/C31H26N4O3/c36-31(33(23-25-12-6-2-7-13-25)21-20-24-10-4-1-5-11-24)30-22-29(26-14-8-3-9-15-26)32-34(30)27-16-18-28(19-17-27)35(37)38/h1-19,22H,20-21,23H2. The maximum Gasteiger partial charge on any atom is 0.272 e. The first kappa shape index (κ1) is 24.6. The lowest BCUT2D eigenvalue weighted by Gasteiger charge is -2.23. The molecule has 7 heteroatoms. The van der Waals surface area contributed by atoms with Crippen LogP contribution in [0.5, 0.6) is 0 Å². The zero-order valence-corrected chi connectivity index (χ0v) is 20.7. The molecule has 0 saturated carbocycles. The van der Waals surface area contributed by atoms with Crippen LogP contribution in [0.25, 0.3) is 16.9 Å². The van der Waals surface area contributed by atoms with Gasteiger partial charge in [0.1, 0.15) is 5.69 Å². The van der Waals surface area contributed by atoms with Crippen molar-refractivity contribution in [3.8, 4) is 16.9 Å². The first-order valence-corrected chi connectivity index (χ1v) is 12.4. The average Bonchev–Trinajstić information content (AvgIpc) is 3.42. The Labute approximate surface area is 220 Å². The van der Waals surface area contributed by atoms with E-state index >= 15 is 0 Å². The van der Waals surface area contributed by atoms with Crippen molar-refractivity contribution in [3.63, 3.8) is 0 Å². The molecule has 0 atom stereocenters. The number of hydrogen-bond acceptors (Lipinski definition) is 4. The maximum absolute atomic E-state index is 14.1. The van der Waals surface area contributed by atoms with Crippen molar-refractivity contribution < 1.29 is 9.72 Å². The van der Waals surface area contributed by atoms with Gasteiger partial charge in [-0.05, 0) is 35.7 Å². The van der Waals surface area contributed by atoms with Crippen LogP contribution in [-0.2, 0) is 13.0 Å². The third-order valence-corrected chi connectivity index (χ3v) is 6.32. The number of non-ortho nitro benzene ring substituents is 1. The minimum absolute atomic E-state index is 0.0226. The molecule has 0 aliphatic rings. The van der Waals surface area contributed by atoms with Crippen molar-refractivity contribution in [2.75, 3.05) is 6.54 Å². The molecule has 0 saturated heterocycles. The van der Waals surface area contributed by atoms with E-state index in [9.17, 15) is 14.9 Å². The predicted molar refractivity (Wildman–Crippen MR) is 147 cm³/mol. The highest BCUT2D eigenvalue weighted by Gasteiger charge is 2.23. The number of aromatic nitrogens is 2. The predicted octanol–water partition coefficient (Wildman–Crippen LogP) is 6.33. The summed E-state index contributed by atoms with van der Waals surface area (Å²) in [7, 11) is 0. The van der Waals surface area contributed by atoms with E-state index in [1.807, 2.05) is 83.8 Å². The molecule has 0 unspecified atom stereocenters.